The van der Waals surface area contributed by atoms with Gasteiger partial charge in [-0.1, -0.05) is 28.1 Å². The van der Waals surface area contributed by atoms with Crippen LogP contribution in [0.3, 0.4) is 0 Å². The molecule has 116 valence electrons. The summed E-state index contributed by atoms with van der Waals surface area (Å²) in [5.74, 6) is -0.689. The molecule has 0 saturated carbocycles. The molecule has 2 amide bonds. The molecule has 0 radical (unpaired) electrons. The van der Waals surface area contributed by atoms with Crippen molar-refractivity contribution in [2.24, 2.45) is 16.1 Å². The van der Waals surface area contributed by atoms with Gasteiger partial charge in [0.25, 0.3) is 0 Å². The van der Waals surface area contributed by atoms with Gasteiger partial charge in [0.05, 0.1) is 11.6 Å². The molecule has 0 aliphatic carbocycles. The zero-order valence-electron chi connectivity index (χ0n) is 12.4. The van der Waals surface area contributed by atoms with Crippen molar-refractivity contribution >= 4 is 39.2 Å². The Morgan fingerprint density at radius 2 is 2.09 bits per heavy atom. The van der Waals surface area contributed by atoms with Crippen LogP contribution in [0.2, 0.25) is 0 Å². The van der Waals surface area contributed by atoms with Gasteiger partial charge in [0.2, 0.25) is 11.8 Å². The van der Waals surface area contributed by atoms with Crippen molar-refractivity contribution in [3.63, 3.8) is 0 Å². The van der Waals surface area contributed by atoms with E-state index in [0.29, 0.717) is 12.1 Å². The molecule has 1 aliphatic heterocycles. The van der Waals surface area contributed by atoms with Gasteiger partial charge in [-0.2, -0.15) is 10.2 Å². The third-order valence-electron chi connectivity index (χ3n) is 3.43. The van der Waals surface area contributed by atoms with E-state index in [2.05, 4.69) is 37.0 Å². The van der Waals surface area contributed by atoms with Crippen molar-refractivity contribution in [2.75, 3.05) is 0 Å². The monoisotopic (exact) mass is 364 g/mol. The summed E-state index contributed by atoms with van der Waals surface area (Å²) in [6.07, 6.45) is 0.655. The van der Waals surface area contributed by atoms with Gasteiger partial charge in [0, 0.05) is 16.6 Å². The third-order valence-corrected chi connectivity index (χ3v) is 3.96. The molecule has 0 bridgehead atoms. The number of carbonyl (C=O) groups excluding carboxylic acids is 2. The van der Waals surface area contributed by atoms with Crippen LogP contribution in [0.4, 0.5) is 0 Å². The van der Waals surface area contributed by atoms with Crippen LogP contribution in [0.5, 0.6) is 0 Å². The molecule has 2 N–H and O–H groups in total. The summed E-state index contributed by atoms with van der Waals surface area (Å²) < 4.78 is 0.986. The molecule has 0 spiro atoms. The lowest BCUT2D eigenvalue weighted by Gasteiger charge is -2.07. The molecular weight excluding hydrogens is 348 g/mol. The van der Waals surface area contributed by atoms with E-state index in [9.17, 15) is 9.59 Å². The lowest BCUT2D eigenvalue weighted by Crippen LogP contribution is -2.25. The molecule has 1 atom stereocenters. The Morgan fingerprint density at radius 3 is 2.68 bits per heavy atom. The smallest absolute Gasteiger partial charge is 0.248 e. The maximum Gasteiger partial charge on any atom is 0.248 e. The van der Waals surface area contributed by atoms with Crippen LogP contribution in [-0.4, -0.2) is 23.2 Å². The largest absolute Gasteiger partial charge is 0.273 e. The van der Waals surface area contributed by atoms with Crippen LogP contribution in [0.25, 0.3) is 0 Å². The summed E-state index contributed by atoms with van der Waals surface area (Å²) in [6, 6.07) is 7.66. The van der Waals surface area contributed by atoms with Crippen LogP contribution in [0, 0.1) is 5.92 Å². The first kappa shape index (κ1) is 16.4. The van der Waals surface area contributed by atoms with Gasteiger partial charge in [-0.25, -0.2) is 10.9 Å². The second kappa shape index (κ2) is 7.31. The molecule has 1 heterocycles. The van der Waals surface area contributed by atoms with E-state index in [0.717, 1.165) is 15.7 Å². The van der Waals surface area contributed by atoms with Crippen LogP contribution in [0.15, 0.2) is 38.9 Å². The van der Waals surface area contributed by atoms with E-state index in [1.54, 1.807) is 6.92 Å². The molecule has 1 unspecified atom stereocenters. The average molecular weight is 365 g/mol. The van der Waals surface area contributed by atoms with Crippen molar-refractivity contribution in [2.45, 2.75) is 26.7 Å². The number of nitrogens with one attached hydrogen (secondary N) is 2. The Morgan fingerprint density at radius 1 is 1.41 bits per heavy atom. The highest BCUT2D eigenvalue weighted by Crippen LogP contribution is 2.14. The van der Waals surface area contributed by atoms with E-state index in [-0.39, 0.29) is 24.2 Å². The highest BCUT2D eigenvalue weighted by atomic mass is 79.9. The van der Waals surface area contributed by atoms with Crippen molar-refractivity contribution < 1.29 is 9.59 Å². The topological polar surface area (TPSA) is 82.9 Å². The Bertz CT molecular complexity index is 637. The molecule has 2 rings (SSSR count). The lowest BCUT2D eigenvalue weighted by atomic mass is 9.99. The third kappa shape index (κ3) is 4.24. The predicted molar refractivity (Wildman–Crippen MR) is 88.5 cm³/mol. The summed E-state index contributed by atoms with van der Waals surface area (Å²) in [5.41, 5.74) is 7.29. The zero-order chi connectivity index (χ0) is 16.1. The van der Waals surface area contributed by atoms with Gasteiger partial charge in [-0.15, -0.1) is 0 Å². The Labute approximate surface area is 137 Å². The van der Waals surface area contributed by atoms with Gasteiger partial charge in [-0.05, 0) is 38.0 Å². The molecule has 1 aromatic rings. The van der Waals surface area contributed by atoms with Gasteiger partial charge < -0.3 is 0 Å². The summed E-state index contributed by atoms with van der Waals surface area (Å²) >= 11 is 3.37. The summed E-state index contributed by atoms with van der Waals surface area (Å²) in [5, 5.41) is 7.93. The summed E-state index contributed by atoms with van der Waals surface area (Å²) in [4.78, 5) is 23.3. The first-order valence-electron chi connectivity index (χ1n) is 6.90. The Kier molecular flexibility index (Phi) is 5.43. The Hall–Kier alpha value is -2.02. The van der Waals surface area contributed by atoms with E-state index in [4.69, 9.17) is 0 Å². The average Bonchev–Trinajstić information content (AvgIpc) is 2.82. The number of hydrazone groups is 2. The number of nitrogens with zero attached hydrogens (tertiary/aromatic N) is 2. The van der Waals surface area contributed by atoms with Crippen molar-refractivity contribution in [1.29, 1.82) is 0 Å². The maximum absolute atomic E-state index is 11.8. The minimum absolute atomic E-state index is 0.153. The predicted octanol–water partition coefficient (Wildman–Crippen LogP) is 2.19. The highest BCUT2D eigenvalue weighted by molar-refractivity contribution is 9.10. The van der Waals surface area contributed by atoms with Crippen LogP contribution < -0.4 is 10.9 Å². The van der Waals surface area contributed by atoms with Crippen molar-refractivity contribution in [3.05, 3.63) is 34.3 Å². The molecule has 0 fully saturated rings. The number of amides is 2. The minimum Gasteiger partial charge on any atom is -0.273 e. The normalized spacial score (nSPS) is 18.0. The molecule has 0 saturated heterocycles. The van der Waals surface area contributed by atoms with E-state index >= 15 is 0 Å². The molecule has 1 aromatic carbocycles. The van der Waals surface area contributed by atoms with Gasteiger partial charge in [0.1, 0.15) is 0 Å². The fraction of sp³-hybridized carbons (Fsp3) is 0.333. The van der Waals surface area contributed by atoms with Crippen molar-refractivity contribution in [1.82, 2.24) is 10.9 Å². The molecule has 0 aromatic heterocycles. The van der Waals surface area contributed by atoms with Crippen LogP contribution >= 0.6 is 15.9 Å². The van der Waals surface area contributed by atoms with E-state index < -0.39 is 0 Å². The van der Waals surface area contributed by atoms with Crippen LogP contribution in [-0.2, 0) is 9.59 Å². The maximum atomic E-state index is 11.8. The highest BCUT2D eigenvalue weighted by Gasteiger charge is 2.26. The van der Waals surface area contributed by atoms with Gasteiger partial charge in [0.15, 0.2) is 0 Å². The van der Waals surface area contributed by atoms with Gasteiger partial charge >= 0.3 is 0 Å². The second-order valence-corrected chi connectivity index (χ2v) is 5.98. The number of hydrogen-bond donors (Lipinski definition) is 2. The Balaban J connectivity index is 1.84. The first-order valence-corrected chi connectivity index (χ1v) is 7.70. The van der Waals surface area contributed by atoms with Crippen molar-refractivity contribution in [3.8, 4) is 0 Å². The first-order chi connectivity index (χ1) is 10.5. The van der Waals surface area contributed by atoms with Crippen LogP contribution in [0.1, 0.15) is 32.3 Å². The lowest BCUT2D eigenvalue weighted by molar-refractivity contribution is -0.123. The second-order valence-electron chi connectivity index (χ2n) is 5.06. The SMILES string of the molecule is CC(=NNC(=O)CCC1C(=O)NN=C1C)c1ccc(Br)cc1. The fourth-order valence-corrected chi connectivity index (χ4v) is 2.33. The van der Waals surface area contributed by atoms with E-state index in [1.165, 1.54) is 0 Å². The molecule has 7 heteroatoms. The molecule has 1 aliphatic rings. The number of rotatable bonds is 5. The number of carbonyl (C=O) groups is 2. The molecule has 6 nitrogen and oxygen atoms in total. The number of hydrogen-bond acceptors (Lipinski definition) is 4. The zero-order valence-corrected chi connectivity index (χ0v) is 14.0. The van der Waals surface area contributed by atoms with Gasteiger partial charge in [-0.3, -0.25) is 9.59 Å². The summed E-state index contributed by atoms with van der Waals surface area (Å²) in [6.45, 7) is 3.60. The minimum atomic E-state index is -0.317. The summed E-state index contributed by atoms with van der Waals surface area (Å²) in [7, 11) is 0. The fourth-order valence-electron chi connectivity index (χ4n) is 2.06. The standard InChI is InChI=1S/C15H17BrN4O2/c1-9(11-3-5-12(16)6-4-11)17-19-14(21)8-7-13-10(2)18-20-15(13)22/h3-6,13H,7-8H2,1-2H3,(H,19,21)(H,20,22). The molecule has 22 heavy (non-hydrogen) atoms. The number of halogens is 1. The van der Waals surface area contributed by atoms with E-state index in [1.807, 2.05) is 31.2 Å². The quantitative estimate of drug-likeness (QED) is 0.619. The number of benzene rings is 1. The molecular formula is C15H17BrN4O2.